The topological polar surface area (TPSA) is 118 Å². The number of rotatable bonds is 3. The highest BCUT2D eigenvalue weighted by Crippen LogP contribution is 2.31. The number of Topliss-reactive ketones (excluding diaryl/α,β-unsaturated/α-hetero) is 1. The Morgan fingerprint density at radius 1 is 1.67 bits per heavy atom. The molecule has 3 heterocycles. The highest BCUT2D eigenvalue weighted by atomic mass is 19.1. The van der Waals surface area contributed by atoms with E-state index in [1.54, 1.807) is 11.8 Å². The molecule has 2 aliphatic heterocycles. The molecule has 2 atom stereocenters. The predicted octanol–water partition coefficient (Wildman–Crippen LogP) is -0.339. The molecule has 1 fully saturated rings. The van der Waals surface area contributed by atoms with Crippen molar-refractivity contribution in [1.82, 2.24) is 4.98 Å². The van der Waals surface area contributed by atoms with Crippen LogP contribution in [0.25, 0.3) is 0 Å². The summed E-state index contributed by atoms with van der Waals surface area (Å²) in [6, 6.07) is 0.936. The molecule has 0 spiro atoms. The fourth-order valence-electron chi connectivity index (χ4n) is 2.92. The van der Waals surface area contributed by atoms with E-state index < -0.39 is 23.2 Å². The zero-order chi connectivity index (χ0) is 17.5. The summed E-state index contributed by atoms with van der Waals surface area (Å²) in [5.41, 5.74) is 3.26. The van der Waals surface area contributed by atoms with Crippen LogP contribution >= 0.6 is 0 Å². The van der Waals surface area contributed by atoms with Gasteiger partial charge in [0.25, 0.3) is 0 Å². The number of nitrogens with one attached hydrogen (secondary N) is 1. The van der Waals surface area contributed by atoms with E-state index in [1.165, 1.54) is 0 Å². The van der Waals surface area contributed by atoms with Crippen molar-refractivity contribution in [2.24, 2.45) is 5.73 Å². The molecule has 9 heteroatoms. The Labute approximate surface area is 137 Å². The Bertz CT molecular complexity index is 698. The quantitative estimate of drug-likeness (QED) is 0.506. The Morgan fingerprint density at radius 2 is 2.42 bits per heavy atom. The Kier molecular flexibility index (Phi) is 4.14. The highest BCUT2D eigenvalue weighted by molar-refractivity contribution is 6.19. The number of ketones is 1. The maximum Gasteiger partial charge on any atom is 0.348 e. The molecule has 130 valence electrons. The van der Waals surface area contributed by atoms with Crippen molar-refractivity contribution in [3.63, 3.8) is 0 Å². The monoisotopic (exact) mass is 338 g/mol. The maximum absolute atomic E-state index is 14.4. The van der Waals surface area contributed by atoms with Crippen LogP contribution in [0.2, 0.25) is 0 Å². The number of aliphatic hydroxyl groups is 1. The number of hydrogen-bond acceptors (Lipinski definition) is 8. The molecule has 3 rings (SSSR count). The Balaban J connectivity index is 1.94. The summed E-state index contributed by atoms with van der Waals surface area (Å²) in [5, 5.41) is 13.0. The van der Waals surface area contributed by atoms with Gasteiger partial charge in [0.15, 0.2) is 11.6 Å². The summed E-state index contributed by atoms with van der Waals surface area (Å²) in [6.45, 7) is 2.25. The van der Waals surface area contributed by atoms with Gasteiger partial charge in [-0.05, 0) is 19.4 Å². The lowest BCUT2D eigenvalue weighted by atomic mass is 9.89. The molecule has 2 unspecified atom stereocenters. The lowest BCUT2D eigenvalue weighted by Crippen LogP contribution is -2.55. The molecular weight excluding hydrogens is 319 g/mol. The average Bonchev–Trinajstić information content (AvgIpc) is 2.97. The summed E-state index contributed by atoms with van der Waals surface area (Å²) < 4.78 is 19.1. The number of β-amino-alcohol motifs (C(OH)–C–C–N with tert-alkyl or cyclic N) is 1. The van der Waals surface area contributed by atoms with Crippen LogP contribution in [0, 0.1) is 5.82 Å². The number of pyridine rings is 1. The van der Waals surface area contributed by atoms with Crippen LogP contribution in [-0.2, 0) is 9.53 Å². The van der Waals surface area contributed by atoms with Crippen molar-refractivity contribution in [3.05, 3.63) is 17.4 Å². The van der Waals surface area contributed by atoms with Crippen LogP contribution in [-0.4, -0.2) is 59.7 Å². The first-order valence-electron chi connectivity index (χ1n) is 7.76. The van der Waals surface area contributed by atoms with Crippen LogP contribution in [0.15, 0.2) is 6.07 Å². The van der Waals surface area contributed by atoms with E-state index in [-0.39, 0.29) is 36.4 Å². The number of fused-ring (bicyclic) bond motifs is 1. The molecule has 1 aromatic rings. The summed E-state index contributed by atoms with van der Waals surface area (Å²) in [7, 11) is 0. The summed E-state index contributed by atoms with van der Waals surface area (Å²) in [4.78, 5) is 30.2. The van der Waals surface area contributed by atoms with Gasteiger partial charge in [-0.2, -0.15) is 0 Å². The van der Waals surface area contributed by atoms with Gasteiger partial charge in [0.2, 0.25) is 11.4 Å². The molecule has 0 bridgehead atoms. The van der Waals surface area contributed by atoms with Gasteiger partial charge in [-0.15, -0.1) is 0 Å². The standard InChI is InChI=1S/C15H19FN4O4/c1-2-24-14(22)15(23)7-18-12-9(11(15)21)5-10(16)13(19-12)20-4-3-8(17)6-20/h5,8,23H,2-4,6-7,17H2,1H3,(H,18,19). The van der Waals surface area contributed by atoms with Gasteiger partial charge in [0, 0.05) is 19.1 Å². The smallest absolute Gasteiger partial charge is 0.348 e. The van der Waals surface area contributed by atoms with Gasteiger partial charge < -0.3 is 25.8 Å². The van der Waals surface area contributed by atoms with Gasteiger partial charge in [-0.3, -0.25) is 4.79 Å². The lowest BCUT2D eigenvalue weighted by molar-refractivity contribution is -0.158. The van der Waals surface area contributed by atoms with E-state index in [0.717, 1.165) is 12.5 Å². The van der Waals surface area contributed by atoms with Gasteiger partial charge >= 0.3 is 5.97 Å². The van der Waals surface area contributed by atoms with E-state index in [1.807, 2.05) is 0 Å². The number of esters is 1. The van der Waals surface area contributed by atoms with Gasteiger partial charge in [-0.1, -0.05) is 0 Å². The van der Waals surface area contributed by atoms with Gasteiger partial charge in [0.1, 0.15) is 5.82 Å². The highest BCUT2D eigenvalue weighted by Gasteiger charge is 2.50. The summed E-state index contributed by atoms with van der Waals surface area (Å²) >= 11 is 0. The molecule has 0 aliphatic carbocycles. The molecule has 0 amide bonds. The first kappa shape index (κ1) is 16.6. The zero-order valence-corrected chi connectivity index (χ0v) is 13.2. The molecule has 8 nitrogen and oxygen atoms in total. The third-order valence-corrected chi connectivity index (χ3v) is 4.23. The molecular formula is C15H19FN4O4. The number of anilines is 2. The molecule has 2 aliphatic rings. The number of halogens is 1. The fourth-order valence-corrected chi connectivity index (χ4v) is 2.92. The minimum Gasteiger partial charge on any atom is -0.463 e. The zero-order valence-electron chi connectivity index (χ0n) is 13.2. The van der Waals surface area contributed by atoms with E-state index in [0.29, 0.717) is 13.1 Å². The fraction of sp³-hybridized carbons (Fsp3) is 0.533. The average molecular weight is 338 g/mol. The van der Waals surface area contributed by atoms with Crippen molar-refractivity contribution in [2.75, 3.05) is 36.5 Å². The van der Waals surface area contributed by atoms with Gasteiger partial charge in [-0.25, -0.2) is 14.2 Å². The largest absolute Gasteiger partial charge is 0.463 e. The van der Waals surface area contributed by atoms with Crippen LogP contribution in [0.5, 0.6) is 0 Å². The second-order valence-corrected chi connectivity index (χ2v) is 5.95. The van der Waals surface area contributed by atoms with Crippen molar-refractivity contribution >= 4 is 23.4 Å². The van der Waals surface area contributed by atoms with E-state index in [2.05, 4.69) is 10.3 Å². The van der Waals surface area contributed by atoms with Crippen molar-refractivity contribution in [1.29, 1.82) is 0 Å². The lowest BCUT2D eigenvalue weighted by Gasteiger charge is -2.31. The minimum absolute atomic E-state index is 0.0159. The number of nitrogens with two attached hydrogens (primary N) is 1. The molecule has 24 heavy (non-hydrogen) atoms. The number of carbonyl (C=O) groups excluding carboxylic acids is 2. The predicted molar refractivity (Wildman–Crippen MR) is 83.4 cm³/mol. The van der Waals surface area contributed by atoms with Crippen molar-refractivity contribution < 1.29 is 23.8 Å². The summed E-state index contributed by atoms with van der Waals surface area (Å²) in [5.74, 6) is -2.46. The first-order valence-corrected chi connectivity index (χ1v) is 7.76. The van der Waals surface area contributed by atoms with Crippen molar-refractivity contribution in [3.8, 4) is 0 Å². The Morgan fingerprint density at radius 3 is 3.04 bits per heavy atom. The van der Waals surface area contributed by atoms with Crippen molar-refractivity contribution in [2.45, 2.75) is 25.0 Å². The normalized spacial score (nSPS) is 26.1. The number of hydrogen-bond donors (Lipinski definition) is 3. The SMILES string of the molecule is CCOC(=O)C1(O)CNc2nc(N3CCC(N)C3)c(F)cc2C1=O. The number of ether oxygens (including phenoxy) is 1. The van der Waals surface area contributed by atoms with E-state index in [4.69, 9.17) is 10.5 Å². The molecule has 0 saturated carbocycles. The third-order valence-electron chi connectivity index (χ3n) is 4.23. The van der Waals surface area contributed by atoms with E-state index >= 15 is 0 Å². The third kappa shape index (κ3) is 2.59. The number of nitrogens with zero attached hydrogens (tertiary/aromatic N) is 2. The Hall–Kier alpha value is -2.26. The summed E-state index contributed by atoms with van der Waals surface area (Å²) in [6.07, 6.45) is 0.729. The first-order chi connectivity index (χ1) is 11.4. The second kappa shape index (κ2) is 5.99. The molecule has 1 aromatic heterocycles. The van der Waals surface area contributed by atoms with Crippen LogP contribution in [0.4, 0.5) is 16.0 Å². The molecule has 0 radical (unpaired) electrons. The van der Waals surface area contributed by atoms with Crippen LogP contribution < -0.4 is 16.0 Å². The van der Waals surface area contributed by atoms with Crippen LogP contribution in [0.3, 0.4) is 0 Å². The molecule has 4 N–H and O–H groups in total. The van der Waals surface area contributed by atoms with E-state index in [9.17, 15) is 19.1 Å². The maximum atomic E-state index is 14.4. The van der Waals surface area contributed by atoms with Gasteiger partial charge in [0.05, 0.1) is 18.7 Å². The van der Waals surface area contributed by atoms with Crippen LogP contribution in [0.1, 0.15) is 23.7 Å². The molecule has 1 saturated heterocycles. The molecule has 0 aromatic carbocycles. The second-order valence-electron chi connectivity index (χ2n) is 5.95. The minimum atomic E-state index is -2.38. The number of carbonyl (C=O) groups is 2. The number of aromatic nitrogens is 1.